The smallest absolute Gasteiger partial charge is 0.213 e. The van der Waals surface area contributed by atoms with Gasteiger partial charge < -0.3 is 5.21 Å². The lowest BCUT2D eigenvalue weighted by Crippen LogP contribution is -2.24. The van der Waals surface area contributed by atoms with Gasteiger partial charge in [0.15, 0.2) is 6.29 Å². The molecular weight excluding hydrogens is 165 g/mol. The van der Waals surface area contributed by atoms with Crippen LogP contribution in [0.25, 0.3) is 0 Å². The van der Waals surface area contributed by atoms with Crippen LogP contribution >= 0.6 is 23.2 Å². The van der Waals surface area contributed by atoms with Crippen molar-refractivity contribution in [2.24, 2.45) is 5.16 Å². The van der Waals surface area contributed by atoms with Crippen LogP contribution in [-0.4, -0.2) is 21.5 Å². The number of hydrogen-bond donors (Lipinski definition) is 1. The standard InChI is InChI=1S/C4H5Cl2NO2/c1-3(7-9)4(5,6)2-8/h2,9H,1H3. The molecule has 0 unspecified atom stereocenters. The van der Waals surface area contributed by atoms with Gasteiger partial charge in [-0.15, -0.1) is 0 Å². The quantitative estimate of drug-likeness (QED) is 0.222. The van der Waals surface area contributed by atoms with Crippen LogP contribution < -0.4 is 0 Å². The lowest BCUT2D eigenvalue weighted by atomic mass is 10.3. The number of hydrogen-bond acceptors (Lipinski definition) is 3. The third-order valence-electron chi connectivity index (χ3n) is 0.780. The highest BCUT2D eigenvalue weighted by molar-refractivity contribution is 6.65. The number of carbonyl (C=O) groups is 1. The molecule has 0 atom stereocenters. The highest BCUT2D eigenvalue weighted by Crippen LogP contribution is 2.19. The second-order valence-electron chi connectivity index (χ2n) is 1.43. The molecular formula is C4H5Cl2NO2. The Hall–Kier alpha value is -0.280. The van der Waals surface area contributed by atoms with Gasteiger partial charge in [0.05, 0.1) is 5.71 Å². The van der Waals surface area contributed by atoms with Gasteiger partial charge in [0.2, 0.25) is 4.33 Å². The monoisotopic (exact) mass is 169 g/mol. The minimum atomic E-state index is -1.69. The fourth-order valence-corrected chi connectivity index (χ4v) is 0.228. The van der Waals surface area contributed by atoms with Crippen molar-refractivity contribution in [1.82, 2.24) is 0 Å². The number of aldehydes is 1. The molecule has 9 heavy (non-hydrogen) atoms. The molecule has 0 radical (unpaired) electrons. The van der Waals surface area contributed by atoms with Crippen LogP contribution in [0.4, 0.5) is 0 Å². The van der Waals surface area contributed by atoms with Crippen molar-refractivity contribution in [3.8, 4) is 0 Å². The summed E-state index contributed by atoms with van der Waals surface area (Å²) in [5.41, 5.74) is -0.0409. The van der Waals surface area contributed by atoms with E-state index in [4.69, 9.17) is 28.4 Å². The van der Waals surface area contributed by atoms with Gasteiger partial charge in [0, 0.05) is 0 Å². The molecule has 0 amide bonds. The molecule has 0 aromatic heterocycles. The number of rotatable bonds is 2. The maximum Gasteiger partial charge on any atom is 0.213 e. The lowest BCUT2D eigenvalue weighted by molar-refractivity contribution is -0.107. The fraction of sp³-hybridized carbons (Fsp3) is 0.500. The summed E-state index contributed by atoms with van der Waals surface area (Å²) in [7, 11) is 0. The SMILES string of the molecule is CC(=NO)C(Cl)(Cl)C=O. The Kier molecular flexibility index (Phi) is 2.94. The largest absolute Gasteiger partial charge is 0.411 e. The average Bonchev–Trinajstić information content (AvgIpc) is 1.86. The predicted molar refractivity (Wildman–Crippen MR) is 35.4 cm³/mol. The average molecular weight is 170 g/mol. The van der Waals surface area contributed by atoms with Crippen LogP contribution in [0, 0.1) is 0 Å². The third kappa shape index (κ3) is 2.20. The third-order valence-corrected chi connectivity index (χ3v) is 1.51. The molecule has 0 saturated heterocycles. The van der Waals surface area contributed by atoms with Crippen LogP contribution in [-0.2, 0) is 4.79 Å². The van der Waals surface area contributed by atoms with Crippen molar-refractivity contribution in [1.29, 1.82) is 0 Å². The first-order valence-corrected chi connectivity index (χ1v) is 2.83. The summed E-state index contributed by atoms with van der Waals surface area (Å²) in [4.78, 5) is 9.97. The van der Waals surface area contributed by atoms with E-state index in [1.807, 2.05) is 0 Å². The topological polar surface area (TPSA) is 49.7 Å². The van der Waals surface area contributed by atoms with E-state index < -0.39 is 4.33 Å². The second-order valence-corrected chi connectivity index (χ2v) is 2.81. The van der Waals surface area contributed by atoms with Crippen molar-refractivity contribution < 1.29 is 10.0 Å². The van der Waals surface area contributed by atoms with E-state index in [2.05, 4.69) is 5.16 Å². The predicted octanol–water partition coefficient (Wildman–Crippen LogP) is 1.21. The first-order chi connectivity index (χ1) is 4.04. The molecule has 52 valence electrons. The minimum absolute atomic E-state index is 0.0409. The zero-order chi connectivity index (χ0) is 7.49. The van der Waals surface area contributed by atoms with Crippen LogP contribution in [0.15, 0.2) is 5.16 Å². The molecule has 0 spiro atoms. The highest BCUT2D eigenvalue weighted by Gasteiger charge is 2.27. The van der Waals surface area contributed by atoms with Crippen LogP contribution in [0.2, 0.25) is 0 Å². The summed E-state index contributed by atoms with van der Waals surface area (Å²) in [5.74, 6) is 0. The molecule has 0 aromatic carbocycles. The van der Waals surface area contributed by atoms with E-state index in [0.29, 0.717) is 0 Å². The number of alkyl halides is 2. The Labute approximate surface area is 62.2 Å². The van der Waals surface area contributed by atoms with E-state index in [1.165, 1.54) is 6.92 Å². The first-order valence-electron chi connectivity index (χ1n) is 2.08. The van der Waals surface area contributed by atoms with E-state index >= 15 is 0 Å². The Balaban J connectivity index is 4.32. The summed E-state index contributed by atoms with van der Waals surface area (Å²) in [6.07, 6.45) is 0.283. The Bertz CT molecular complexity index is 144. The molecule has 0 aromatic rings. The van der Waals surface area contributed by atoms with Gasteiger partial charge in [-0.05, 0) is 6.92 Å². The minimum Gasteiger partial charge on any atom is -0.411 e. The molecule has 0 heterocycles. The maximum atomic E-state index is 9.97. The fourth-order valence-electron chi connectivity index (χ4n) is 0.152. The summed E-state index contributed by atoms with van der Waals surface area (Å²) < 4.78 is -1.69. The van der Waals surface area contributed by atoms with Crippen molar-refractivity contribution in [2.45, 2.75) is 11.3 Å². The molecule has 0 saturated carbocycles. The van der Waals surface area contributed by atoms with Gasteiger partial charge >= 0.3 is 0 Å². The number of oxime groups is 1. The molecule has 3 nitrogen and oxygen atoms in total. The number of carbonyl (C=O) groups excluding carboxylic acids is 1. The molecule has 0 aliphatic heterocycles. The Morgan fingerprint density at radius 3 is 2.33 bits per heavy atom. The number of halogens is 2. The van der Waals surface area contributed by atoms with E-state index in [9.17, 15) is 4.79 Å². The van der Waals surface area contributed by atoms with Gasteiger partial charge in [-0.25, -0.2) is 0 Å². The van der Waals surface area contributed by atoms with E-state index in [0.717, 1.165) is 0 Å². The molecule has 0 aliphatic carbocycles. The summed E-state index contributed by atoms with van der Waals surface area (Å²) in [6, 6.07) is 0. The molecule has 0 rings (SSSR count). The molecule has 0 aliphatic rings. The van der Waals surface area contributed by atoms with Gasteiger partial charge in [-0.3, -0.25) is 4.79 Å². The van der Waals surface area contributed by atoms with Crippen LogP contribution in [0.5, 0.6) is 0 Å². The van der Waals surface area contributed by atoms with Crippen LogP contribution in [0.3, 0.4) is 0 Å². The first kappa shape index (κ1) is 8.72. The van der Waals surface area contributed by atoms with E-state index in [1.54, 1.807) is 0 Å². The highest BCUT2D eigenvalue weighted by atomic mass is 35.5. The zero-order valence-electron chi connectivity index (χ0n) is 4.64. The van der Waals surface area contributed by atoms with Crippen LogP contribution in [0.1, 0.15) is 6.92 Å². The number of nitrogens with zero attached hydrogens (tertiary/aromatic N) is 1. The zero-order valence-corrected chi connectivity index (χ0v) is 6.15. The van der Waals surface area contributed by atoms with Gasteiger partial charge in [-0.2, -0.15) is 0 Å². The van der Waals surface area contributed by atoms with Gasteiger partial charge in [0.1, 0.15) is 0 Å². The molecule has 1 N–H and O–H groups in total. The van der Waals surface area contributed by atoms with Crippen molar-refractivity contribution in [2.75, 3.05) is 0 Å². The van der Waals surface area contributed by atoms with E-state index in [-0.39, 0.29) is 12.0 Å². The second kappa shape index (κ2) is 3.03. The van der Waals surface area contributed by atoms with Crippen molar-refractivity contribution in [3.05, 3.63) is 0 Å². The van der Waals surface area contributed by atoms with Gasteiger partial charge in [-0.1, -0.05) is 28.4 Å². The Morgan fingerprint density at radius 2 is 2.22 bits per heavy atom. The lowest BCUT2D eigenvalue weighted by Gasteiger charge is -2.07. The normalized spacial score (nSPS) is 13.4. The maximum absolute atomic E-state index is 9.97. The summed E-state index contributed by atoms with van der Waals surface area (Å²) in [6.45, 7) is 1.34. The summed E-state index contributed by atoms with van der Waals surface area (Å²) in [5, 5.41) is 10.7. The molecule has 0 fully saturated rings. The van der Waals surface area contributed by atoms with Crippen molar-refractivity contribution in [3.63, 3.8) is 0 Å². The van der Waals surface area contributed by atoms with Gasteiger partial charge in [0.25, 0.3) is 0 Å². The molecule has 0 bridgehead atoms. The van der Waals surface area contributed by atoms with Crippen molar-refractivity contribution >= 4 is 35.2 Å². The Morgan fingerprint density at radius 1 is 1.78 bits per heavy atom. The summed E-state index contributed by atoms with van der Waals surface area (Å²) >= 11 is 10.6. The molecule has 5 heteroatoms.